The van der Waals surface area contributed by atoms with Gasteiger partial charge >= 0.3 is 11.9 Å². The van der Waals surface area contributed by atoms with Gasteiger partial charge in [0.25, 0.3) is 5.91 Å². The zero-order valence-corrected chi connectivity index (χ0v) is 17.2. The maximum Gasteiger partial charge on any atom is 0.341 e. The number of aryl methyl sites for hydroxylation is 1. The van der Waals surface area contributed by atoms with Crippen LogP contribution in [-0.4, -0.2) is 31.1 Å². The van der Waals surface area contributed by atoms with Gasteiger partial charge in [-0.25, -0.2) is 14.0 Å². The molecule has 0 aliphatic heterocycles. The Balaban J connectivity index is 1.97. The Bertz CT molecular complexity index is 918. The normalized spacial score (nSPS) is 10.8. The van der Waals surface area contributed by atoms with Gasteiger partial charge in [-0.1, -0.05) is 19.1 Å². The number of benzene rings is 1. The highest BCUT2D eigenvalue weighted by molar-refractivity contribution is 7.17. The number of hydrogen-bond donors (Lipinski definition) is 1. The molecule has 2 rings (SSSR count). The first-order chi connectivity index (χ1) is 13.8. The molecule has 1 amide bonds. The summed E-state index contributed by atoms with van der Waals surface area (Å²) in [7, 11) is 0. The van der Waals surface area contributed by atoms with Gasteiger partial charge in [0.2, 0.25) is 0 Å². The van der Waals surface area contributed by atoms with Crippen LogP contribution in [-0.2, 0) is 25.5 Å². The fourth-order valence-corrected chi connectivity index (χ4v) is 3.67. The van der Waals surface area contributed by atoms with Gasteiger partial charge in [-0.2, -0.15) is 0 Å². The van der Waals surface area contributed by atoms with Gasteiger partial charge < -0.3 is 14.8 Å². The van der Waals surface area contributed by atoms with Gasteiger partial charge in [0.15, 0.2) is 6.61 Å². The zero-order chi connectivity index (χ0) is 21.4. The highest BCUT2D eigenvalue weighted by Gasteiger charge is 2.23. The fraction of sp³-hybridized carbons (Fsp3) is 0.286. The third-order valence-corrected chi connectivity index (χ3v) is 5.28. The highest BCUT2D eigenvalue weighted by atomic mass is 32.1. The molecule has 1 aromatic heterocycles. The molecule has 2 aromatic rings. The van der Waals surface area contributed by atoms with Crippen molar-refractivity contribution in [1.29, 1.82) is 0 Å². The zero-order valence-electron chi connectivity index (χ0n) is 16.4. The van der Waals surface area contributed by atoms with Crippen LogP contribution in [0.4, 0.5) is 9.39 Å². The van der Waals surface area contributed by atoms with Gasteiger partial charge in [-0.05, 0) is 49.6 Å². The van der Waals surface area contributed by atoms with E-state index in [9.17, 15) is 18.8 Å². The van der Waals surface area contributed by atoms with E-state index in [1.807, 2.05) is 6.92 Å². The molecule has 1 heterocycles. The highest BCUT2D eigenvalue weighted by Crippen LogP contribution is 2.34. The number of ether oxygens (including phenoxy) is 2. The molecule has 29 heavy (non-hydrogen) atoms. The van der Waals surface area contributed by atoms with Gasteiger partial charge in [0.05, 0.1) is 12.2 Å². The standard InChI is InChI=1S/C21H22FNO5S/c1-4-16-13(3)19(21(26)27-5-2)20(29-16)23-17(24)12-28-18(25)11-8-14-6-9-15(22)10-7-14/h6-11H,4-5,12H2,1-3H3,(H,23,24)/b11-8+. The third kappa shape index (κ3) is 6.25. The van der Waals surface area contributed by atoms with E-state index >= 15 is 0 Å². The van der Waals surface area contributed by atoms with E-state index in [2.05, 4.69) is 5.32 Å². The molecule has 0 saturated carbocycles. The van der Waals surface area contributed by atoms with Crippen LogP contribution in [0.2, 0.25) is 0 Å². The summed E-state index contributed by atoms with van der Waals surface area (Å²) in [5.74, 6) is -2.16. The minimum Gasteiger partial charge on any atom is -0.462 e. The van der Waals surface area contributed by atoms with E-state index in [1.54, 1.807) is 13.8 Å². The Labute approximate surface area is 172 Å². The van der Waals surface area contributed by atoms with Crippen LogP contribution >= 0.6 is 11.3 Å². The molecule has 0 aliphatic carbocycles. The lowest BCUT2D eigenvalue weighted by Gasteiger charge is -2.07. The summed E-state index contributed by atoms with van der Waals surface area (Å²) in [6, 6.07) is 5.56. The predicted octanol–water partition coefficient (Wildman–Crippen LogP) is 4.13. The van der Waals surface area contributed by atoms with Crippen LogP contribution in [0.3, 0.4) is 0 Å². The summed E-state index contributed by atoms with van der Waals surface area (Å²) < 4.78 is 22.8. The van der Waals surface area contributed by atoms with Crippen molar-refractivity contribution in [3.63, 3.8) is 0 Å². The lowest BCUT2D eigenvalue weighted by molar-refractivity contribution is -0.142. The molecular weight excluding hydrogens is 397 g/mol. The monoisotopic (exact) mass is 419 g/mol. The lowest BCUT2D eigenvalue weighted by Crippen LogP contribution is -2.21. The molecule has 0 unspecified atom stereocenters. The maximum atomic E-state index is 12.9. The van der Waals surface area contributed by atoms with Crippen molar-refractivity contribution < 1.29 is 28.2 Å². The number of anilines is 1. The van der Waals surface area contributed by atoms with Crippen LogP contribution in [0, 0.1) is 12.7 Å². The number of carbonyl (C=O) groups is 3. The fourth-order valence-electron chi connectivity index (χ4n) is 2.52. The molecule has 0 fully saturated rings. The second kappa shape index (κ2) is 10.5. The van der Waals surface area contributed by atoms with Crippen LogP contribution in [0.1, 0.15) is 40.2 Å². The van der Waals surface area contributed by atoms with E-state index in [1.165, 1.54) is 41.7 Å². The van der Waals surface area contributed by atoms with E-state index in [0.29, 0.717) is 22.5 Å². The molecule has 154 valence electrons. The second-order valence-electron chi connectivity index (χ2n) is 5.97. The van der Waals surface area contributed by atoms with Gasteiger partial charge in [-0.3, -0.25) is 4.79 Å². The average Bonchev–Trinajstić information content (AvgIpc) is 3.01. The van der Waals surface area contributed by atoms with Crippen molar-refractivity contribution in [1.82, 2.24) is 0 Å². The van der Waals surface area contributed by atoms with Crippen molar-refractivity contribution in [2.45, 2.75) is 27.2 Å². The smallest absolute Gasteiger partial charge is 0.341 e. The van der Waals surface area contributed by atoms with E-state index in [-0.39, 0.29) is 12.4 Å². The number of rotatable bonds is 8. The molecule has 0 bridgehead atoms. The SMILES string of the molecule is CCOC(=O)c1c(NC(=O)COC(=O)/C=C/c2ccc(F)cc2)sc(CC)c1C. The molecular formula is C21H22FNO5S. The first-order valence-electron chi connectivity index (χ1n) is 9.05. The largest absolute Gasteiger partial charge is 0.462 e. The first kappa shape index (κ1) is 22.3. The number of halogens is 1. The van der Waals surface area contributed by atoms with Crippen LogP contribution in [0.25, 0.3) is 6.08 Å². The van der Waals surface area contributed by atoms with Crippen molar-refractivity contribution in [2.24, 2.45) is 0 Å². The molecule has 0 aliphatic rings. The second-order valence-corrected chi connectivity index (χ2v) is 7.07. The molecule has 0 radical (unpaired) electrons. The van der Waals surface area contributed by atoms with Crippen LogP contribution in [0.15, 0.2) is 30.3 Å². The predicted molar refractivity (Wildman–Crippen MR) is 109 cm³/mol. The summed E-state index contributed by atoms with van der Waals surface area (Å²) in [4.78, 5) is 37.1. The molecule has 6 nitrogen and oxygen atoms in total. The molecule has 1 N–H and O–H groups in total. The van der Waals surface area contributed by atoms with Gasteiger partial charge in [-0.15, -0.1) is 11.3 Å². The van der Waals surface area contributed by atoms with E-state index in [4.69, 9.17) is 9.47 Å². The number of nitrogens with one attached hydrogen (secondary N) is 1. The van der Waals surface area contributed by atoms with E-state index in [0.717, 1.165) is 16.5 Å². The summed E-state index contributed by atoms with van der Waals surface area (Å²) in [5, 5.41) is 2.99. The molecule has 0 saturated heterocycles. The van der Waals surface area contributed by atoms with Crippen molar-refractivity contribution in [2.75, 3.05) is 18.5 Å². The molecule has 1 aromatic carbocycles. The van der Waals surface area contributed by atoms with Crippen molar-refractivity contribution in [3.05, 3.63) is 57.7 Å². The summed E-state index contributed by atoms with van der Waals surface area (Å²) in [6.07, 6.45) is 3.31. The number of hydrogen-bond acceptors (Lipinski definition) is 6. The minimum absolute atomic E-state index is 0.223. The Morgan fingerprint density at radius 2 is 1.83 bits per heavy atom. The summed E-state index contributed by atoms with van der Waals surface area (Å²) in [6.45, 7) is 5.18. The van der Waals surface area contributed by atoms with Crippen molar-refractivity contribution >= 4 is 40.3 Å². The van der Waals surface area contributed by atoms with E-state index < -0.39 is 24.5 Å². The number of amides is 1. The minimum atomic E-state index is -0.716. The summed E-state index contributed by atoms with van der Waals surface area (Å²) in [5.41, 5.74) is 1.71. The average molecular weight is 419 g/mol. The third-order valence-electron chi connectivity index (χ3n) is 3.93. The summed E-state index contributed by atoms with van der Waals surface area (Å²) >= 11 is 1.29. The quantitative estimate of drug-likeness (QED) is 0.514. The lowest BCUT2D eigenvalue weighted by atomic mass is 10.1. The number of thiophene rings is 1. The number of esters is 2. The molecule has 0 atom stereocenters. The first-order valence-corrected chi connectivity index (χ1v) is 9.87. The molecule has 0 spiro atoms. The molecule has 8 heteroatoms. The Morgan fingerprint density at radius 3 is 2.45 bits per heavy atom. The van der Waals surface area contributed by atoms with Gasteiger partial charge in [0, 0.05) is 11.0 Å². The Hall–Kier alpha value is -3.00. The van der Waals surface area contributed by atoms with Crippen LogP contribution < -0.4 is 5.32 Å². The number of carbonyl (C=O) groups excluding carboxylic acids is 3. The van der Waals surface area contributed by atoms with Crippen molar-refractivity contribution in [3.8, 4) is 0 Å². The topological polar surface area (TPSA) is 81.7 Å². The Kier molecular flexibility index (Phi) is 8.09. The maximum absolute atomic E-state index is 12.9. The van der Waals surface area contributed by atoms with Crippen LogP contribution in [0.5, 0.6) is 0 Å². The Morgan fingerprint density at radius 1 is 1.14 bits per heavy atom. The van der Waals surface area contributed by atoms with Gasteiger partial charge in [0.1, 0.15) is 10.8 Å².